The minimum Gasteiger partial charge on any atom is -0.497 e. The topological polar surface area (TPSA) is 85.8 Å². The SMILES string of the molecule is C=CCN(c1ccc(OC)cc1)S(=O)(=O)c1ccc(Cl)c(C(=O)OCc2nc3ccccc3s2)c1. The summed E-state index contributed by atoms with van der Waals surface area (Å²) < 4.78 is 39.7. The Morgan fingerprint density at radius 3 is 2.57 bits per heavy atom. The second-order valence-corrected chi connectivity index (χ2v) is 10.7. The average Bonchev–Trinajstić information content (AvgIpc) is 3.29. The van der Waals surface area contributed by atoms with Gasteiger partial charge in [-0.1, -0.05) is 29.8 Å². The van der Waals surface area contributed by atoms with Crippen LogP contribution < -0.4 is 9.04 Å². The Hall–Kier alpha value is -3.40. The molecule has 3 aromatic carbocycles. The molecule has 0 amide bonds. The first-order chi connectivity index (χ1) is 16.8. The highest BCUT2D eigenvalue weighted by Crippen LogP contribution is 2.29. The number of sulfonamides is 1. The number of hydrogen-bond donors (Lipinski definition) is 0. The lowest BCUT2D eigenvalue weighted by molar-refractivity contribution is 0.0472. The fourth-order valence-electron chi connectivity index (χ4n) is 3.34. The Balaban J connectivity index is 1.59. The van der Waals surface area contributed by atoms with E-state index in [1.165, 1.54) is 47.0 Å². The average molecular weight is 529 g/mol. The second-order valence-electron chi connectivity index (χ2n) is 7.32. The van der Waals surface area contributed by atoms with E-state index in [0.29, 0.717) is 16.4 Å². The Kier molecular flexibility index (Phi) is 7.39. The number of benzene rings is 3. The van der Waals surface area contributed by atoms with Gasteiger partial charge in [0.15, 0.2) is 0 Å². The molecule has 0 aliphatic carbocycles. The Bertz CT molecular complexity index is 1450. The van der Waals surface area contributed by atoms with Gasteiger partial charge in [0.1, 0.15) is 17.4 Å². The third kappa shape index (κ3) is 5.32. The van der Waals surface area contributed by atoms with Crippen molar-refractivity contribution in [2.75, 3.05) is 18.0 Å². The van der Waals surface area contributed by atoms with E-state index in [0.717, 1.165) is 10.2 Å². The maximum Gasteiger partial charge on any atom is 0.340 e. The number of esters is 1. The number of halogens is 1. The van der Waals surface area contributed by atoms with Crippen molar-refractivity contribution < 1.29 is 22.7 Å². The van der Waals surface area contributed by atoms with Crippen LogP contribution >= 0.6 is 22.9 Å². The van der Waals surface area contributed by atoms with Crippen molar-refractivity contribution >= 4 is 54.8 Å². The van der Waals surface area contributed by atoms with Crippen LogP contribution in [0.25, 0.3) is 10.2 Å². The predicted molar refractivity (Wildman–Crippen MR) is 138 cm³/mol. The van der Waals surface area contributed by atoms with Crippen LogP contribution in [0.2, 0.25) is 5.02 Å². The first-order valence-corrected chi connectivity index (χ1v) is 13.1. The van der Waals surface area contributed by atoms with Gasteiger partial charge in [0.25, 0.3) is 10.0 Å². The molecular weight excluding hydrogens is 508 g/mol. The summed E-state index contributed by atoms with van der Waals surface area (Å²) in [5.74, 6) is -0.152. The molecule has 4 aromatic rings. The Labute approximate surface area is 212 Å². The van der Waals surface area contributed by atoms with Gasteiger partial charge in [0.2, 0.25) is 0 Å². The predicted octanol–water partition coefficient (Wildman–Crippen LogP) is 5.70. The quantitative estimate of drug-likeness (QED) is 0.205. The van der Waals surface area contributed by atoms with Gasteiger partial charge in [-0.05, 0) is 54.6 Å². The fraction of sp³-hybridized carbons (Fsp3) is 0.120. The van der Waals surface area contributed by atoms with Crippen molar-refractivity contribution in [1.82, 2.24) is 4.98 Å². The van der Waals surface area contributed by atoms with E-state index < -0.39 is 16.0 Å². The molecule has 0 aliphatic heterocycles. The summed E-state index contributed by atoms with van der Waals surface area (Å²) in [5, 5.41) is 0.703. The number of carbonyl (C=O) groups is 1. The molecule has 35 heavy (non-hydrogen) atoms. The van der Waals surface area contributed by atoms with Crippen LogP contribution in [0, 0.1) is 0 Å². The zero-order valence-electron chi connectivity index (χ0n) is 18.7. The number of nitrogens with zero attached hydrogens (tertiary/aromatic N) is 2. The number of thiazole rings is 1. The van der Waals surface area contributed by atoms with Crippen LogP contribution in [-0.2, 0) is 21.4 Å². The number of methoxy groups -OCH3 is 1. The van der Waals surface area contributed by atoms with Crippen LogP contribution in [0.4, 0.5) is 5.69 Å². The summed E-state index contributed by atoms with van der Waals surface area (Å²) in [4.78, 5) is 17.1. The van der Waals surface area contributed by atoms with Gasteiger partial charge in [0.05, 0.1) is 45.0 Å². The summed E-state index contributed by atoms with van der Waals surface area (Å²) >= 11 is 7.64. The van der Waals surface area contributed by atoms with Crippen molar-refractivity contribution in [3.63, 3.8) is 0 Å². The molecular formula is C25H21ClN2O5S2. The van der Waals surface area contributed by atoms with Crippen LogP contribution in [-0.4, -0.2) is 33.0 Å². The van der Waals surface area contributed by atoms with Crippen LogP contribution in [0.1, 0.15) is 15.4 Å². The molecule has 0 unspecified atom stereocenters. The molecule has 7 nitrogen and oxygen atoms in total. The molecule has 10 heteroatoms. The summed E-state index contributed by atoms with van der Waals surface area (Å²) in [6.07, 6.45) is 1.48. The highest BCUT2D eigenvalue weighted by molar-refractivity contribution is 7.92. The molecule has 4 rings (SSSR count). The molecule has 0 aliphatic rings. The summed E-state index contributed by atoms with van der Waals surface area (Å²) in [6.45, 7) is 3.63. The second kappa shape index (κ2) is 10.5. The van der Waals surface area contributed by atoms with Gasteiger partial charge in [-0.3, -0.25) is 4.31 Å². The van der Waals surface area contributed by atoms with E-state index in [-0.39, 0.29) is 28.6 Å². The fourth-order valence-corrected chi connectivity index (χ4v) is 5.88. The van der Waals surface area contributed by atoms with Crippen LogP contribution in [0.5, 0.6) is 5.75 Å². The smallest absolute Gasteiger partial charge is 0.340 e. The largest absolute Gasteiger partial charge is 0.497 e. The van der Waals surface area contributed by atoms with Gasteiger partial charge in [-0.25, -0.2) is 18.2 Å². The highest BCUT2D eigenvalue weighted by atomic mass is 35.5. The van der Waals surface area contributed by atoms with Gasteiger partial charge < -0.3 is 9.47 Å². The van der Waals surface area contributed by atoms with Crippen molar-refractivity contribution in [2.24, 2.45) is 0 Å². The zero-order valence-corrected chi connectivity index (χ0v) is 21.1. The maximum absolute atomic E-state index is 13.5. The van der Waals surface area contributed by atoms with Gasteiger partial charge in [-0.15, -0.1) is 17.9 Å². The third-order valence-electron chi connectivity index (χ3n) is 5.07. The normalized spacial score (nSPS) is 11.3. The molecule has 0 N–H and O–H groups in total. The highest BCUT2D eigenvalue weighted by Gasteiger charge is 2.26. The van der Waals surface area contributed by atoms with Gasteiger partial charge in [-0.2, -0.15) is 0 Å². The molecule has 180 valence electrons. The molecule has 0 radical (unpaired) electrons. The van der Waals surface area contributed by atoms with E-state index in [2.05, 4.69) is 11.6 Å². The van der Waals surface area contributed by atoms with Gasteiger partial charge in [0, 0.05) is 0 Å². The number of hydrogen-bond acceptors (Lipinski definition) is 7. The zero-order chi connectivity index (χ0) is 25.0. The van der Waals surface area contributed by atoms with E-state index in [4.69, 9.17) is 21.1 Å². The number of carbonyl (C=O) groups excluding carboxylic acids is 1. The van der Waals surface area contributed by atoms with Crippen LogP contribution in [0.15, 0.2) is 84.3 Å². The Morgan fingerprint density at radius 1 is 1.14 bits per heavy atom. The number of ether oxygens (including phenoxy) is 2. The van der Waals surface area contributed by atoms with Crippen molar-refractivity contribution in [3.8, 4) is 5.75 Å². The Morgan fingerprint density at radius 2 is 1.89 bits per heavy atom. The van der Waals surface area contributed by atoms with Crippen molar-refractivity contribution in [1.29, 1.82) is 0 Å². The van der Waals surface area contributed by atoms with Gasteiger partial charge >= 0.3 is 5.97 Å². The molecule has 0 bridgehead atoms. The standard InChI is InChI=1S/C25H21ClN2O5S2/c1-3-14-28(17-8-10-18(32-2)11-9-17)35(30,31)19-12-13-21(26)20(15-19)25(29)33-16-24-27-22-6-4-5-7-23(22)34-24/h3-13,15H,1,14,16H2,2H3. The third-order valence-corrected chi connectivity index (χ3v) is 8.20. The molecule has 0 spiro atoms. The molecule has 0 atom stereocenters. The summed E-state index contributed by atoms with van der Waals surface area (Å²) in [7, 11) is -2.52. The molecule has 0 saturated heterocycles. The van der Waals surface area contributed by atoms with E-state index in [9.17, 15) is 13.2 Å². The van der Waals surface area contributed by atoms with E-state index in [1.807, 2.05) is 24.3 Å². The minimum absolute atomic E-state index is 0.0225. The minimum atomic E-state index is -4.05. The molecule has 1 aromatic heterocycles. The first-order valence-electron chi connectivity index (χ1n) is 10.4. The lowest BCUT2D eigenvalue weighted by Crippen LogP contribution is -2.31. The number of aromatic nitrogens is 1. The monoisotopic (exact) mass is 528 g/mol. The van der Waals surface area contributed by atoms with Crippen molar-refractivity contribution in [3.05, 3.63) is 95.0 Å². The molecule has 0 saturated carbocycles. The maximum atomic E-state index is 13.5. The lowest BCUT2D eigenvalue weighted by atomic mass is 10.2. The van der Waals surface area contributed by atoms with Crippen molar-refractivity contribution in [2.45, 2.75) is 11.5 Å². The number of fused-ring (bicyclic) bond motifs is 1. The number of anilines is 1. The summed E-state index contributed by atoms with van der Waals surface area (Å²) in [5.41, 5.74) is 1.18. The van der Waals surface area contributed by atoms with E-state index >= 15 is 0 Å². The first kappa shape index (κ1) is 24.7. The lowest BCUT2D eigenvalue weighted by Gasteiger charge is -2.23. The number of rotatable bonds is 9. The van der Waals surface area contributed by atoms with Crippen LogP contribution in [0.3, 0.4) is 0 Å². The van der Waals surface area contributed by atoms with E-state index in [1.54, 1.807) is 24.3 Å². The molecule has 1 heterocycles. The number of para-hydroxylation sites is 1. The summed E-state index contributed by atoms with van der Waals surface area (Å²) in [6, 6.07) is 18.1. The molecule has 0 fully saturated rings.